The van der Waals surface area contributed by atoms with E-state index in [1.807, 2.05) is 29.6 Å². The second-order valence-electron chi connectivity index (χ2n) is 3.31. The van der Waals surface area contributed by atoms with E-state index in [4.69, 9.17) is 16.9 Å². The average molecular weight is 281 g/mol. The summed E-state index contributed by atoms with van der Waals surface area (Å²) >= 11 is 9.21. The Balaban J connectivity index is 1.95. The van der Waals surface area contributed by atoms with E-state index in [-0.39, 0.29) is 0 Å². The van der Waals surface area contributed by atoms with Gasteiger partial charge in [-0.2, -0.15) is 5.26 Å². The van der Waals surface area contributed by atoms with E-state index in [1.165, 1.54) is 0 Å². The highest BCUT2D eigenvalue weighted by Crippen LogP contribution is 2.26. The van der Waals surface area contributed by atoms with Gasteiger partial charge in [0.15, 0.2) is 0 Å². The van der Waals surface area contributed by atoms with Crippen LogP contribution in [0.1, 0.15) is 10.7 Å². The zero-order valence-electron chi connectivity index (χ0n) is 8.89. The lowest BCUT2D eigenvalue weighted by atomic mass is 10.4. The van der Waals surface area contributed by atoms with Crippen molar-refractivity contribution in [1.29, 1.82) is 5.26 Å². The Morgan fingerprint density at radius 1 is 1.47 bits per heavy atom. The third-order valence-electron chi connectivity index (χ3n) is 2.02. The van der Waals surface area contributed by atoms with Gasteiger partial charge in [0.05, 0.1) is 23.9 Å². The quantitative estimate of drug-likeness (QED) is 0.789. The van der Waals surface area contributed by atoms with Gasteiger partial charge >= 0.3 is 0 Å². The fourth-order valence-electron chi connectivity index (χ4n) is 1.28. The van der Waals surface area contributed by atoms with Crippen LogP contribution in [-0.2, 0) is 12.2 Å². The highest BCUT2D eigenvalue weighted by atomic mass is 35.5. The van der Waals surface area contributed by atoms with Gasteiger partial charge in [0.25, 0.3) is 0 Å². The smallest absolute Gasteiger partial charge is 0.103 e. The highest BCUT2D eigenvalue weighted by molar-refractivity contribution is 7.98. The van der Waals surface area contributed by atoms with Crippen LogP contribution in [0.2, 0.25) is 5.02 Å². The van der Waals surface area contributed by atoms with Crippen molar-refractivity contribution in [2.24, 2.45) is 0 Å². The minimum atomic E-state index is 0.387. The molecule has 0 amide bonds. The highest BCUT2D eigenvalue weighted by Gasteiger charge is 2.03. The number of nitriles is 1. The van der Waals surface area contributed by atoms with Crippen molar-refractivity contribution in [2.45, 2.75) is 17.1 Å². The summed E-state index contributed by atoms with van der Waals surface area (Å²) in [5.41, 5.74) is 0.860. The van der Waals surface area contributed by atoms with Crippen LogP contribution in [0.25, 0.3) is 0 Å². The summed E-state index contributed by atoms with van der Waals surface area (Å²) in [6.45, 7) is 0. The van der Waals surface area contributed by atoms with Crippen LogP contribution in [0.5, 0.6) is 0 Å². The lowest BCUT2D eigenvalue weighted by Gasteiger charge is -1.99. The van der Waals surface area contributed by atoms with Gasteiger partial charge in [-0.3, -0.25) is 0 Å². The van der Waals surface area contributed by atoms with Gasteiger partial charge in [-0.1, -0.05) is 17.7 Å². The van der Waals surface area contributed by atoms with Gasteiger partial charge in [0.1, 0.15) is 5.01 Å². The first-order chi connectivity index (χ1) is 8.28. The van der Waals surface area contributed by atoms with E-state index in [9.17, 15) is 0 Å². The molecule has 1 heterocycles. The Morgan fingerprint density at radius 3 is 3.12 bits per heavy atom. The Hall–Kier alpha value is -1.02. The van der Waals surface area contributed by atoms with Crippen molar-refractivity contribution in [3.8, 4) is 6.07 Å². The molecule has 0 saturated heterocycles. The standard InChI is InChI=1S/C12H9ClN2S2/c13-9-2-1-3-11(6-9)16-8-12-15-10(4-5-14)7-17-12/h1-3,6-7H,4,8H2. The first kappa shape index (κ1) is 12.4. The Labute approximate surface area is 113 Å². The van der Waals surface area contributed by atoms with Gasteiger partial charge < -0.3 is 0 Å². The van der Waals surface area contributed by atoms with Crippen molar-refractivity contribution in [3.05, 3.63) is 45.4 Å². The van der Waals surface area contributed by atoms with Gasteiger partial charge in [-0.25, -0.2) is 4.98 Å². The van der Waals surface area contributed by atoms with Crippen LogP contribution in [0.3, 0.4) is 0 Å². The van der Waals surface area contributed by atoms with Crippen LogP contribution in [0, 0.1) is 11.3 Å². The van der Waals surface area contributed by atoms with Gasteiger partial charge in [-0.15, -0.1) is 23.1 Å². The van der Waals surface area contributed by atoms with Crippen LogP contribution >= 0.6 is 34.7 Å². The van der Waals surface area contributed by atoms with E-state index >= 15 is 0 Å². The summed E-state index contributed by atoms with van der Waals surface area (Å²) in [7, 11) is 0. The van der Waals surface area contributed by atoms with Gasteiger partial charge in [0, 0.05) is 15.3 Å². The molecule has 0 bridgehead atoms. The molecule has 1 aromatic heterocycles. The molecule has 0 fully saturated rings. The SMILES string of the molecule is N#CCc1csc(CSc2cccc(Cl)c2)n1. The molecule has 0 spiro atoms. The molecule has 0 atom stereocenters. The molecule has 2 rings (SSSR count). The number of halogens is 1. The van der Waals surface area contributed by atoms with Gasteiger partial charge in [-0.05, 0) is 18.2 Å². The Bertz CT molecular complexity index is 545. The lowest BCUT2D eigenvalue weighted by molar-refractivity contribution is 1.11. The molecule has 0 radical (unpaired) electrons. The predicted molar refractivity (Wildman–Crippen MR) is 72.4 cm³/mol. The molecule has 86 valence electrons. The fraction of sp³-hybridized carbons (Fsp3) is 0.167. The molecule has 0 aliphatic heterocycles. The topological polar surface area (TPSA) is 36.7 Å². The lowest BCUT2D eigenvalue weighted by Crippen LogP contribution is -1.83. The van der Waals surface area contributed by atoms with Crippen molar-refractivity contribution in [2.75, 3.05) is 0 Å². The number of thioether (sulfide) groups is 1. The first-order valence-electron chi connectivity index (χ1n) is 4.96. The van der Waals surface area contributed by atoms with E-state index in [2.05, 4.69) is 11.1 Å². The monoisotopic (exact) mass is 280 g/mol. The minimum absolute atomic E-state index is 0.387. The number of nitrogens with zero attached hydrogens (tertiary/aromatic N) is 2. The molecule has 17 heavy (non-hydrogen) atoms. The number of hydrogen-bond donors (Lipinski definition) is 0. The second kappa shape index (κ2) is 6.06. The maximum atomic E-state index is 8.56. The molecular weight excluding hydrogens is 272 g/mol. The molecule has 0 saturated carbocycles. The Kier molecular flexibility index (Phi) is 4.43. The molecule has 5 heteroatoms. The largest absolute Gasteiger partial charge is 0.244 e. The zero-order chi connectivity index (χ0) is 12.1. The summed E-state index contributed by atoms with van der Waals surface area (Å²) < 4.78 is 0. The maximum absolute atomic E-state index is 8.56. The number of benzene rings is 1. The van der Waals surface area contributed by atoms with Crippen molar-refractivity contribution in [3.63, 3.8) is 0 Å². The third kappa shape index (κ3) is 3.74. The summed E-state index contributed by atoms with van der Waals surface area (Å²) in [4.78, 5) is 5.51. The number of thiazole rings is 1. The molecule has 0 aliphatic carbocycles. The molecule has 0 unspecified atom stereocenters. The zero-order valence-corrected chi connectivity index (χ0v) is 11.3. The molecule has 1 aromatic carbocycles. The number of rotatable bonds is 4. The van der Waals surface area contributed by atoms with Crippen molar-refractivity contribution < 1.29 is 0 Å². The average Bonchev–Trinajstić information content (AvgIpc) is 2.75. The van der Waals surface area contributed by atoms with Gasteiger partial charge in [0.2, 0.25) is 0 Å². The molecule has 0 N–H and O–H groups in total. The van der Waals surface area contributed by atoms with E-state index in [0.717, 1.165) is 26.4 Å². The fourth-order valence-corrected chi connectivity index (χ4v) is 3.30. The molecule has 2 aromatic rings. The summed E-state index contributed by atoms with van der Waals surface area (Å²) in [6, 6.07) is 9.87. The summed E-state index contributed by atoms with van der Waals surface area (Å²) in [5.74, 6) is 0.816. The molecule has 2 nitrogen and oxygen atoms in total. The second-order valence-corrected chi connectivity index (χ2v) is 5.74. The normalized spacial score (nSPS) is 10.1. The van der Waals surface area contributed by atoms with Crippen molar-refractivity contribution in [1.82, 2.24) is 4.98 Å². The predicted octanol–water partition coefficient (Wildman–Crippen LogP) is 4.15. The molecule has 0 aliphatic rings. The van der Waals surface area contributed by atoms with E-state index < -0.39 is 0 Å². The van der Waals surface area contributed by atoms with E-state index in [1.54, 1.807) is 23.1 Å². The van der Waals surface area contributed by atoms with Crippen LogP contribution in [0.15, 0.2) is 34.5 Å². The summed E-state index contributed by atoms with van der Waals surface area (Å²) in [5, 5.41) is 12.3. The third-order valence-corrected chi connectivity index (χ3v) is 4.34. The number of hydrogen-bond acceptors (Lipinski definition) is 4. The first-order valence-corrected chi connectivity index (χ1v) is 7.21. The maximum Gasteiger partial charge on any atom is 0.103 e. The van der Waals surface area contributed by atoms with Crippen LogP contribution in [0.4, 0.5) is 0 Å². The van der Waals surface area contributed by atoms with Crippen LogP contribution in [-0.4, -0.2) is 4.98 Å². The van der Waals surface area contributed by atoms with Crippen LogP contribution < -0.4 is 0 Å². The number of aromatic nitrogens is 1. The molecular formula is C12H9ClN2S2. The Morgan fingerprint density at radius 2 is 2.35 bits per heavy atom. The van der Waals surface area contributed by atoms with E-state index in [0.29, 0.717) is 6.42 Å². The minimum Gasteiger partial charge on any atom is -0.244 e. The summed E-state index contributed by atoms with van der Waals surface area (Å²) in [6.07, 6.45) is 0.387. The van der Waals surface area contributed by atoms with Crippen molar-refractivity contribution >= 4 is 34.7 Å².